The fourth-order valence-electron chi connectivity index (χ4n) is 4.18. The highest BCUT2D eigenvalue weighted by Gasteiger charge is 2.46. The van der Waals surface area contributed by atoms with E-state index in [9.17, 15) is 0 Å². The fraction of sp³-hybridized carbons (Fsp3) is 0.333. The summed E-state index contributed by atoms with van der Waals surface area (Å²) >= 11 is 0. The van der Waals surface area contributed by atoms with Crippen LogP contribution in [0.4, 0.5) is 0 Å². The Morgan fingerprint density at radius 2 is 1.22 bits per heavy atom. The fourth-order valence-corrected chi connectivity index (χ4v) is 4.18. The number of benzene rings is 3. The summed E-state index contributed by atoms with van der Waals surface area (Å²) < 4.78 is 31.1. The van der Waals surface area contributed by atoms with Gasteiger partial charge >= 0.3 is 0 Å². The first-order chi connectivity index (χ1) is 17.7. The summed E-state index contributed by atoms with van der Waals surface area (Å²) in [5.41, 5.74) is 9.82. The maximum atomic E-state index is 6.64. The molecule has 0 saturated carbocycles. The summed E-state index contributed by atoms with van der Waals surface area (Å²) in [6.07, 6.45) is -0.328. The standard InChI is InChI=1S/C30H35NO5/c1-2-18-33-29-27(31)30(35-21-25-16-10-5-11-17-25)36-26(22-32-19-23-12-6-3-7-13-23)28(29)34-20-24-14-8-4-9-15-24/h2-17,26-30H,1,18-22,31H2/t26-,27+,28-,29-,30+/m1/s1. The summed E-state index contributed by atoms with van der Waals surface area (Å²) in [5, 5.41) is 0. The quantitative estimate of drug-likeness (QED) is 0.353. The first kappa shape index (κ1) is 26.2. The van der Waals surface area contributed by atoms with Gasteiger partial charge in [-0.2, -0.15) is 0 Å². The van der Waals surface area contributed by atoms with Crippen LogP contribution in [0.25, 0.3) is 0 Å². The van der Waals surface area contributed by atoms with E-state index in [2.05, 4.69) is 6.58 Å². The SMILES string of the molecule is C=CCO[C@@H]1[C@H](N)[C@@H](OCc2ccccc2)O[C@H](COCc2ccccc2)[C@H]1OCc1ccccc1. The molecule has 6 nitrogen and oxygen atoms in total. The zero-order valence-electron chi connectivity index (χ0n) is 20.5. The van der Waals surface area contributed by atoms with Crippen LogP contribution in [-0.2, 0) is 43.5 Å². The average Bonchev–Trinajstić information content (AvgIpc) is 2.93. The maximum Gasteiger partial charge on any atom is 0.176 e. The summed E-state index contributed by atoms with van der Waals surface area (Å²) in [7, 11) is 0. The van der Waals surface area contributed by atoms with Crippen LogP contribution in [0.15, 0.2) is 104 Å². The van der Waals surface area contributed by atoms with Crippen molar-refractivity contribution in [2.75, 3.05) is 13.2 Å². The molecule has 5 atom stereocenters. The molecule has 0 bridgehead atoms. The third-order valence-corrected chi connectivity index (χ3v) is 6.04. The molecule has 0 aromatic heterocycles. The van der Waals surface area contributed by atoms with Crippen molar-refractivity contribution in [1.29, 1.82) is 0 Å². The van der Waals surface area contributed by atoms with Gasteiger partial charge in [-0.1, -0.05) is 97.1 Å². The second-order valence-electron chi connectivity index (χ2n) is 8.77. The highest BCUT2D eigenvalue weighted by Crippen LogP contribution is 2.28. The largest absolute Gasteiger partial charge is 0.374 e. The maximum absolute atomic E-state index is 6.64. The Morgan fingerprint density at radius 3 is 1.78 bits per heavy atom. The Morgan fingerprint density at radius 1 is 0.694 bits per heavy atom. The molecule has 4 rings (SSSR count). The molecule has 2 N–H and O–H groups in total. The van der Waals surface area contributed by atoms with Crippen molar-refractivity contribution in [3.05, 3.63) is 120 Å². The van der Waals surface area contributed by atoms with Crippen LogP contribution in [0, 0.1) is 0 Å². The van der Waals surface area contributed by atoms with Crippen LogP contribution in [0.2, 0.25) is 0 Å². The lowest BCUT2D eigenvalue weighted by molar-refractivity contribution is -0.286. The number of hydrogen-bond acceptors (Lipinski definition) is 6. The van der Waals surface area contributed by atoms with E-state index in [0.717, 1.165) is 16.7 Å². The van der Waals surface area contributed by atoms with Gasteiger partial charge < -0.3 is 29.4 Å². The monoisotopic (exact) mass is 489 g/mol. The van der Waals surface area contributed by atoms with E-state index >= 15 is 0 Å². The Hall–Kier alpha value is -2.84. The Balaban J connectivity index is 1.48. The smallest absolute Gasteiger partial charge is 0.176 e. The molecule has 0 unspecified atom stereocenters. The van der Waals surface area contributed by atoms with E-state index in [1.54, 1.807) is 6.08 Å². The second-order valence-corrected chi connectivity index (χ2v) is 8.77. The zero-order chi connectivity index (χ0) is 25.0. The third-order valence-electron chi connectivity index (χ3n) is 6.04. The molecule has 190 valence electrons. The summed E-state index contributed by atoms with van der Waals surface area (Å²) in [5.74, 6) is 0. The first-order valence-electron chi connectivity index (χ1n) is 12.3. The van der Waals surface area contributed by atoms with Gasteiger partial charge in [0.05, 0.1) is 39.1 Å². The van der Waals surface area contributed by atoms with Crippen LogP contribution >= 0.6 is 0 Å². The van der Waals surface area contributed by atoms with Gasteiger partial charge in [-0.05, 0) is 16.7 Å². The van der Waals surface area contributed by atoms with Crippen molar-refractivity contribution in [3.63, 3.8) is 0 Å². The van der Waals surface area contributed by atoms with Gasteiger partial charge in [-0.3, -0.25) is 0 Å². The molecular formula is C30H35NO5. The van der Waals surface area contributed by atoms with E-state index in [4.69, 9.17) is 29.4 Å². The van der Waals surface area contributed by atoms with Crippen LogP contribution < -0.4 is 5.73 Å². The van der Waals surface area contributed by atoms with Crippen LogP contribution in [0.3, 0.4) is 0 Å². The molecule has 0 spiro atoms. The van der Waals surface area contributed by atoms with Gasteiger partial charge in [0.15, 0.2) is 6.29 Å². The van der Waals surface area contributed by atoms with Gasteiger partial charge in [-0.15, -0.1) is 6.58 Å². The van der Waals surface area contributed by atoms with E-state index < -0.39 is 30.6 Å². The molecule has 3 aromatic carbocycles. The van der Waals surface area contributed by atoms with Crippen molar-refractivity contribution in [2.45, 2.75) is 50.5 Å². The molecule has 0 amide bonds. The van der Waals surface area contributed by atoms with Crippen LogP contribution in [0.5, 0.6) is 0 Å². The third kappa shape index (κ3) is 7.58. The summed E-state index contributed by atoms with van der Waals surface area (Å²) in [6, 6.07) is 29.4. The van der Waals surface area contributed by atoms with Crippen molar-refractivity contribution in [1.82, 2.24) is 0 Å². The number of nitrogens with two attached hydrogens (primary N) is 1. The normalized spacial score (nSPS) is 23.9. The molecule has 0 radical (unpaired) electrons. The molecule has 1 aliphatic heterocycles. The van der Waals surface area contributed by atoms with E-state index in [-0.39, 0.29) is 0 Å². The van der Waals surface area contributed by atoms with Gasteiger partial charge in [0.25, 0.3) is 0 Å². The highest BCUT2D eigenvalue weighted by atomic mass is 16.7. The molecule has 36 heavy (non-hydrogen) atoms. The molecule has 1 fully saturated rings. The lowest BCUT2D eigenvalue weighted by Crippen LogP contribution is -2.64. The van der Waals surface area contributed by atoms with Gasteiger partial charge in [0.1, 0.15) is 18.3 Å². The van der Waals surface area contributed by atoms with Crippen molar-refractivity contribution in [3.8, 4) is 0 Å². The Labute approximate surface area is 213 Å². The van der Waals surface area contributed by atoms with Crippen molar-refractivity contribution >= 4 is 0 Å². The van der Waals surface area contributed by atoms with Crippen LogP contribution in [0.1, 0.15) is 16.7 Å². The molecule has 1 heterocycles. The van der Waals surface area contributed by atoms with Crippen LogP contribution in [-0.4, -0.2) is 43.9 Å². The van der Waals surface area contributed by atoms with E-state index in [1.807, 2.05) is 91.0 Å². The molecule has 0 aliphatic carbocycles. The molecular weight excluding hydrogens is 454 g/mol. The number of rotatable bonds is 13. The minimum Gasteiger partial charge on any atom is -0.374 e. The minimum atomic E-state index is -0.679. The van der Waals surface area contributed by atoms with E-state index in [1.165, 1.54) is 0 Å². The predicted molar refractivity (Wildman–Crippen MR) is 139 cm³/mol. The Kier molecular flexibility index (Phi) is 10.2. The first-order valence-corrected chi connectivity index (χ1v) is 12.3. The molecule has 1 saturated heterocycles. The van der Waals surface area contributed by atoms with Crippen molar-refractivity contribution in [2.24, 2.45) is 5.73 Å². The predicted octanol–water partition coefficient (Wildman–Crippen LogP) is 4.63. The van der Waals surface area contributed by atoms with Gasteiger partial charge in [-0.25, -0.2) is 0 Å². The minimum absolute atomic E-state index is 0.306. The highest BCUT2D eigenvalue weighted by molar-refractivity contribution is 5.15. The number of hydrogen-bond donors (Lipinski definition) is 1. The molecule has 6 heteroatoms. The van der Waals surface area contributed by atoms with Gasteiger partial charge in [0, 0.05) is 0 Å². The Bertz CT molecular complexity index is 1020. The second kappa shape index (κ2) is 14.0. The lowest BCUT2D eigenvalue weighted by Gasteiger charge is -2.44. The summed E-state index contributed by atoms with van der Waals surface area (Å²) in [6.45, 7) is 5.68. The summed E-state index contributed by atoms with van der Waals surface area (Å²) in [4.78, 5) is 0. The average molecular weight is 490 g/mol. The molecule has 1 aliphatic rings. The zero-order valence-corrected chi connectivity index (χ0v) is 20.5. The van der Waals surface area contributed by atoms with Gasteiger partial charge in [0.2, 0.25) is 0 Å². The lowest BCUT2D eigenvalue weighted by atomic mass is 9.97. The molecule has 3 aromatic rings. The van der Waals surface area contributed by atoms with E-state index in [0.29, 0.717) is 33.0 Å². The topological polar surface area (TPSA) is 72.2 Å². The van der Waals surface area contributed by atoms with Crippen molar-refractivity contribution < 1.29 is 23.7 Å². The number of ether oxygens (including phenoxy) is 5.